The number of rotatable bonds is 4. The molecule has 1 aliphatic rings. The van der Waals surface area contributed by atoms with Gasteiger partial charge >= 0.3 is 0 Å². The van der Waals surface area contributed by atoms with E-state index in [4.69, 9.17) is 4.74 Å². The van der Waals surface area contributed by atoms with E-state index in [0.29, 0.717) is 0 Å². The predicted molar refractivity (Wildman–Crippen MR) is 80.2 cm³/mol. The van der Waals surface area contributed by atoms with Crippen molar-refractivity contribution in [2.24, 2.45) is 0 Å². The molecule has 0 bridgehead atoms. The predicted octanol–water partition coefficient (Wildman–Crippen LogP) is 2.25. The smallest absolute Gasteiger partial charge is 0.191 e. The number of nitrogens with one attached hydrogen (secondary N) is 1. The third-order valence-electron chi connectivity index (χ3n) is 3.15. The molecule has 0 saturated carbocycles. The average molecular weight is 282 g/mol. The second kappa shape index (κ2) is 5.96. The minimum absolute atomic E-state index is 0.0359. The molecule has 0 radical (unpaired) electrons. The molecular formula is C13H22N4OS. The highest BCUT2D eigenvalue weighted by Gasteiger charge is 2.32. The van der Waals surface area contributed by atoms with Gasteiger partial charge in [0.2, 0.25) is 0 Å². The fourth-order valence-corrected chi connectivity index (χ4v) is 2.57. The number of aromatic nitrogens is 2. The normalized spacial score (nSPS) is 18.4. The van der Waals surface area contributed by atoms with Gasteiger partial charge in [0.1, 0.15) is 11.6 Å². The molecule has 1 aliphatic heterocycles. The maximum atomic E-state index is 5.56. The van der Waals surface area contributed by atoms with Crippen molar-refractivity contribution < 1.29 is 4.74 Å². The van der Waals surface area contributed by atoms with Crippen LogP contribution in [-0.4, -0.2) is 48.1 Å². The van der Waals surface area contributed by atoms with Crippen molar-refractivity contribution in [1.29, 1.82) is 0 Å². The lowest BCUT2D eigenvalue weighted by Gasteiger charge is -2.43. The fraction of sp³-hybridized carbons (Fsp3) is 0.692. The first-order valence-corrected chi connectivity index (χ1v) is 7.81. The number of hydrogen-bond donors (Lipinski definition) is 1. The Morgan fingerprint density at radius 3 is 2.89 bits per heavy atom. The third-order valence-corrected chi connectivity index (χ3v) is 3.70. The second-order valence-electron chi connectivity index (χ2n) is 5.15. The molecule has 19 heavy (non-hydrogen) atoms. The summed E-state index contributed by atoms with van der Waals surface area (Å²) in [5.41, 5.74) is -0.0359. The lowest BCUT2D eigenvalue weighted by molar-refractivity contribution is 0.0638. The Kier molecular flexibility index (Phi) is 4.52. The highest BCUT2D eigenvalue weighted by molar-refractivity contribution is 7.98. The van der Waals surface area contributed by atoms with E-state index in [0.717, 1.165) is 43.1 Å². The quantitative estimate of drug-likeness (QED) is 0.675. The molecular weight excluding hydrogens is 260 g/mol. The Hall–Kier alpha value is -1.01. The lowest BCUT2D eigenvalue weighted by atomic mass is 10.0. The van der Waals surface area contributed by atoms with Gasteiger partial charge in [0.05, 0.1) is 18.8 Å². The van der Waals surface area contributed by atoms with Crippen LogP contribution >= 0.6 is 11.8 Å². The maximum absolute atomic E-state index is 5.56. The molecule has 0 amide bonds. The van der Waals surface area contributed by atoms with E-state index in [-0.39, 0.29) is 5.54 Å². The summed E-state index contributed by atoms with van der Waals surface area (Å²) in [7, 11) is 0. The van der Waals surface area contributed by atoms with E-state index >= 15 is 0 Å². The van der Waals surface area contributed by atoms with Crippen LogP contribution in [0.15, 0.2) is 11.2 Å². The van der Waals surface area contributed by atoms with Gasteiger partial charge in [-0.05, 0) is 27.0 Å². The Morgan fingerprint density at radius 2 is 2.26 bits per heavy atom. The molecule has 1 aromatic heterocycles. The van der Waals surface area contributed by atoms with Gasteiger partial charge in [0, 0.05) is 19.2 Å². The number of anilines is 2. The van der Waals surface area contributed by atoms with Gasteiger partial charge in [-0.15, -0.1) is 0 Å². The minimum atomic E-state index is -0.0359. The Morgan fingerprint density at radius 1 is 1.47 bits per heavy atom. The molecule has 106 valence electrons. The molecule has 0 atom stereocenters. The van der Waals surface area contributed by atoms with E-state index in [2.05, 4.69) is 41.0 Å². The van der Waals surface area contributed by atoms with Crippen molar-refractivity contribution in [3.63, 3.8) is 0 Å². The van der Waals surface area contributed by atoms with Gasteiger partial charge in [-0.25, -0.2) is 9.97 Å². The Bertz CT molecular complexity index is 439. The highest BCUT2D eigenvalue weighted by Crippen LogP contribution is 2.28. The van der Waals surface area contributed by atoms with Crippen molar-refractivity contribution >= 4 is 23.4 Å². The number of ether oxygens (including phenoxy) is 1. The highest BCUT2D eigenvalue weighted by atomic mass is 32.2. The van der Waals surface area contributed by atoms with Gasteiger partial charge in [0.15, 0.2) is 5.16 Å². The summed E-state index contributed by atoms with van der Waals surface area (Å²) >= 11 is 1.57. The summed E-state index contributed by atoms with van der Waals surface area (Å²) in [5, 5.41) is 4.07. The molecule has 0 spiro atoms. The van der Waals surface area contributed by atoms with Crippen LogP contribution in [0.4, 0.5) is 11.6 Å². The van der Waals surface area contributed by atoms with E-state index in [9.17, 15) is 0 Å². The molecule has 2 heterocycles. The average Bonchev–Trinajstić information content (AvgIpc) is 2.38. The largest absolute Gasteiger partial charge is 0.377 e. The first kappa shape index (κ1) is 14.4. The van der Waals surface area contributed by atoms with Crippen molar-refractivity contribution in [3.8, 4) is 0 Å². The van der Waals surface area contributed by atoms with E-state index in [1.54, 1.807) is 11.8 Å². The fourth-order valence-electron chi connectivity index (χ4n) is 2.20. The summed E-state index contributed by atoms with van der Waals surface area (Å²) in [6, 6.07) is 2.02. The summed E-state index contributed by atoms with van der Waals surface area (Å²) < 4.78 is 5.56. The molecule has 1 N–H and O–H groups in total. The standard InChI is InChI=1S/C13H22N4OS/c1-5-14-10-8-11(16-12(15-10)19-4)17-6-7-18-9-13(17,2)3/h8H,5-7,9H2,1-4H3,(H,14,15,16). The molecule has 0 unspecified atom stereocenters. The van der Waals surface area contributed by atoms with Crippen LogP contribution in [0.25, 0.3) is 0 Å². The van der Waals surface area contributed by atoms with Crippen LogP contribution in [0.1, 0.15) is 20.8 Å². The van der Waals surface area contributed by atoms with Gasteiger partial charge < -0.3 is 15.0 Å². The molecule has 1 saturated heterocycles. The number of hydrogen-bond acceptors (Lipinski definition) is 6. The molecule has 5 nitrogen and oxygen atoms in total. The van der Waals surface area contributed by atoms with Gasteiger partial charge in [-0.2, -0.15) is 0 Å². The van der Waals surface area contributed by atoms with Crippen molar-refractivity contribution in [3.05, 3.63) is 6.07 Å². The van der Waals surface area contributed by atoms with E-state index < -0.39 is 0 Å². The molecule has 0 aliphatic carbocycles. The van der Waals surface area contributed by atoms with Crippen LogP contribution in [0.3, 0.4) is 0 Å². The second-order valence-corrected chi connectivity index (χ2v) is 5.92. The molecule has 1 fully saturated rings. The van der Waals surface area contributed by atoms with Gasteiger partial charge in [-0.3, -0.25) is 0 Å². The molecule has 6 heteroatoms. The van der Waals surface area contributed by atoms with Gasteiger partial charge in [0.25, 0.3) is 0 Å². The molecule has 1 aromatic rings. The molecule has 0 aromatic carbocycles. The number of thioether (sulfide) groups is 1. The third kappa shape index (κ3) is 3.30. The maximum Gasteiger partial charge on any atom is 0.191 e. The lowest BCUT2D eigenvalue weighted by Crippen LogP contribution is -2.53. The SMILES string of the molecule is CCNc1cc(N2CCOCC2(C)C)nc(SC)n1. The summed E-state index contributed by atoms with van der Waals surface area (Å²) in [6.07, 6.45) is 2.00. The van der Waals surface area contributed by atoms with Crippen LogP contribution in [0.5, 0.6) is 0 Å². The minimum Gasteiger partial charge on any atom is -0.377 e. The first-order chi connectivity index (χ1) is 9.06. The zero-order valence-electron chi connectivity index (χ0n) is 12.1. The van der Waals surface area contributed by atoms with Crippen LogP contribution in [0, 0.1) is 0 Å². The zero-order chi connectivity index (χ0) is 13.9. The summed E-state index contributed by atoms with van der Waals surface area (Å²) in [4.78, 5) is 11.4. The topological polar surface area (TPSA) is 50.3 Å². The van der Waals surface area contributed by atoms with Crippen LogP contribution < -0.4 is 10.2 Å². The van der Waals surface area contributed by atoms with E-state index in [1.165, 1.54) is 0 Å². The summed E-state index contributed by atoms with van der Waals surface area (Å²) in [6.45, 7) is 9.63. The molecule has 2 rings (SSSR count). The van der Waals surface area contributed by atoms with E-state index in [1.807, 2.05) is 12.3 Å². The van der Waals surface area contributed by atoms with Crippen molar-refractivity contribution in [2.75, 3.05) is 42.8 Å². The number of nitrogens with zero attached hydrogens (tertiary/aromatic N) is 3. The monoisotopic (exact) mass is 282 g/mol. The zero-order valence-corrected chi connectivity index (χ0v) is 12.9. The Labute approximate surface area is 119 Å². The van der Waals surface area contributed by atoms with Gasteiger partial charge in [-0.1, -0.05) is 11.8 Å². The Balaban J connectivity index is 2.34. The van der Waals surface area contributed by atoms with Crippen molar-refractivity contribution in [1.82, 2.24) is 9.97 Å². The van der Waals surface area contributed by atoms with Crippen LogP contribution in [0.2, 0.25) is 0 Å². The first-order valence-electron chi connectivity index (χ1n) is 6.59. The van der Waals surface area contributed by atoms with Crippen LogP contribution in [-0.2, 0) is 4.74 Å². The number of morpholine rings is 1. The summed E-state index contributed by atoms with van der Waals surface area (Å²) in [5.74, 6) is 1.86. The van der Waals surface area contributed by atoms with Crippen molar-refractivity contribution in [2.45, 2.75) is 31.5 Å².